The number of nitrogens with one attached hydrogen (secondary N) is 1. The van der Waals surface area contributed by atoms with Gasteiger partial charge in [0.2, 0.25) is 0 Å². The van der Waals surface area contributed by atoms with Crippen LogP contribution in [0.1, 0.15) is 18.9 Å². The fraction of sp³-hybridized carbons (Fsp3) is 0.556. The molecule has 6 heteroatoms. The smallest absolute Gasteiger partial charge is 0.129 e. The molecule has 128 valence electrons. The maximum absolute atomic E-state index is 4.88. The van der Waals surface area contributed by atoms with Gasteiger partial charge in [0.25, 0.3) is 0 Å². The molecule has 24 heavy (non-hydrogen) atoms. The molecule has 0 spiro atoms. The van der Waals surface area contributed by atoms with Crippen LogP contribution in [0.5, 0.6) is 0 Å². The molecule has 1 saturated heterocycles. The molecule has 0 bridgehead atoms. The molecule has 0 radical (unpaired) electrons. The molecule has 6 nitrogen and oxygen atoms in total. The fourth-order valence-electron chi connectivity index (χ4n) is 3.51. The van der Waals surface area contributed by atoms with Gasteiger partial charge in [-0.1, -0.05) is 6.07 Å². The Hall–Kier alpha value is -1.92. The summed E-state index contributed by atoms with van der Waals surface area (Å²) in [4.78, 5) is 9.62. The van der Waals surface area contributed by atoms with E-state index >= 15 is 0 Å². The van der Waals surface area contributed by atoms with E-state index in [0.717, 1.165) is 56.1 Å². The third-order valence-electron chi connectivity index (χ3n) is 5.35. The Balaban J connectivity index is 1.48. The predicted molar refractivity (Wildman–Crippen MR) is 96.3 cm³/mol. The first-order valence-corrected chi connectivity index (χ1v) is 8.85. The van der Waals surface area contributed by atoms with E-state index in [1.165, 1.54) is 0 Å². The third kappa shape index (κ3) is 3.03. The number of piperazine rings is 1. The second-order valence-corrected chi connectivity index (χ2v) is 6.99. The summed E-state index contributed by atoms with van der Waals surface area (Å²) in [5.41, 5.74) is 2.13. The molecule has 4 rings (SSSR count). The molecule has 0 aromatic carbocycles. The summed E-state index contributed by atoms with van der Waals surface area (Å²) in [6.45, 7) is 4.27. The molecular weight excluding hydrogens is 300 g/mol. The van der Waals surface area contributed by atoms with Gasteiger partial charge in [-0.05, 0) is 39.1 Å². The van der Waals surface area contributed by atoms with Crippen LogP contribution in [0.3, 0.4) is 0 Å². The second-order valence-electron chi connectivity index (χ2n) is 6.99. The lowest BCUT2D eigenvalue weighted by Crippen LogP contribution is -2.44. The SMILES string of the molecule is CNC1CC(n2cc(-c3cccc(N4CCN(C)CC4)n3)cn2)C1. The van der Waals surface area contributed by atoms with E-state index in [-0.39, 0.29) is 0 Å². The van der Waals surface area contributed by atoms with Gasteiger partial charge in [-0.25, -0.2) is 4.98 Å². The van der Waals surface area contributed by atoms with E-state index < -0.39 is 0 Å². The predicted octanol–water partition coefficient (Wildman–Crippen LogP) is 1.62. The number of hydrogen-bond donors (Lipinski definition) is 1. The number of pyridine rings is 1. The van der Waals surface area contributed by atoms with Crippen LogP contribution in [0, 0.1) is 0 Å². The molecule has 2 aromatic heterocycles. The Bertz CT molecular complexity index is 682. The van der Waals surface area contributed by atoms with E-state index in [1.807, 2.05) is 13.2 Å². The molecule has 1 aliphatic heterocycles. The Morgan fingerprint density at radius 2 is 1.92 bits per heavy atom. The minimum atomic E-state index is 0.525. The molecule has 0 unspecified atom stereocenters. The van der Waals surface area contributed by atoms with Crippen molar-refractivity contribution in [2.75, 3.05) is 45.2 Å². The van der Waals surface area contributed by atoms with Crippen LogP contribution >= 0.6 is 0 Å². The quantitative estimate of drug-likeness (QED) is 0.925. The van der Waals surface area contributed by atoms with E-state index in [4.69, 9.17) is 4.98 Å². The molecule has 1 aliphatic carbocycles. The number of aromatic nitrogens is 3. The third-order valence-corrected chi connectivity index (χ3v) is 5.35. The normalized spacial score (nSPS) is 24.8. The molecule has 1 saturated carbocycles. The van der Waals surface area contributed by atoms with Gasteiger partial charge in [-0.3, -0.25) is 4.68 Å². The minimum absolute atomic E-state index is 0.525. The Labute approximate surface area is 143 Å². The van der Waals surface area contributed by atoms with Gasteiger partial charge < -0.3 is 15.1 Å². The molecule has 2 fully saturated rings. The first-order chi connectivity index (χ1) is 11.7. The van der Waals surface area contributed by atoms with Crippen LogP contribution in [-0.2, 0) is 0 Å². The lowest BCUT2D eigenvalue weighted by molar-refractivity contribution is 0.220. The maximum atomic E-state index is 4.88. The highest BCUT2D eigenvalue weighted by Crippen LogP contribution is 2.32. The van der Waals surface area contributed by atoms with Crippen LogP contribution in [0.15, 0.2) is 30.6 Å². The zero-order valence-electron chi connectivity index (χ0n) is 14.5. The average Bonchev–Trinajstić information content (AvgIpc) is 3.04. The molecule has 0 amide bonds. The second kappa shape index (κ2) is 6.53. The Morgan fingerprint density at radius 1 is 1.12 bits per heavy atom. The monoisotopic (exact) mass is 326 g/mol. The first-order valence-electron chi connectivity index (χ1n) is 8.85. The van der Waals surface area contributed by atoms with Crippen molar-refractivity contribution in [2.45, 2.75) is 24.9 Å². The summed E-state index contributed by atoms with van der Waals surface area (Å²) >= 11 is 0. The van der Waals surface area contributed by atoms with Gasteiger partial charge in [0.1, 0.15) is 5.82 Å². The number of nitrogens with zero attached hydrogens (tertiary/aromatic N) is 5. The van der Waals surface area contributed by atoms with Crippen molar-refractivity contribution in [2.24, 2.45) is 0 Å². The van der Waals surface area contributed by atoms with Crippen LogP contribution in [-0.4, -0.2) is 66.0 Å². The van der Waals surface area contributed by atoms with E-state index in [0.29, 0.717) is 12.1 Å². The number of anilines is 1. The summed E-state index contributed by atoms with van der Waals surface area (Å²) in [5, 5.41) is 7.89. The topological polar surface area (TPSA) is 49.2 Å². The Kier molecular flexibility index (Phi) is 4.24. The highest BCUT2D eigenvalue weighted by Gasteiger charge is 2.29. The summed E-state index contributed by atoms with van der Waals surface area (Å²) in [6, 6.07) is 7.47. The van der Waals surface area contributed by atoms with Crippen LogP contribution < -0.4 is 10.2 Å². The van der Waals surface area contributed by atoms with Crippen LogP contribution in [0.25, 0.3) is 11.3 Å². The molecular formula is C18H26N6. The lowest BCUT2D eigenvalue weighted by Gasteiger charge is -2.35. The number of rotatable bonds is 4. The van der Waals surface area contributed by atoms with E-state index in [9.17, 15) is 0 Å². The van der Waals surface area contributed by atoms with Crippen molar-refractivity contribution in [3.63, 3.8) is 0 Å². The van der Waals surface area contributed by atoms with Crippen molar-refractivity contribution in [1.29, 1.82) is 0 Å². The van der Waals surface area contributed by atoms with Crippen LogP contribution in [0.4, 0.5) is 5.82 Å². The molecule has 2 aliphatic rings. The average molecular weight is 326 g/mol. The summed E-state index contributed by atoms with van der Waals surface area (Å²) in [6.07, 6.45) is 6.41. The van der Waals surface area contributed by atoms with Crippen molar-refractivity contribution in [3.8, 4) is 11.3 Å². The summed E-state index contributed by atoms with van der Waals surface area (Å²) in [7, 11) is 4.21. The molecule has 3 heterocycles. The Morgan fingerprint density at radius 3 is 2.67 bits per heavy atom. The van der Waals surface area contributed by atoms with Gasteiger partial charge >= 0.3 is 0 Å². The lowest BCUT2D eigenvalue weighted by atomic mass is 9.87. The van der Waals surface area contributed by atoms with Gasteiger partial charge in [0.15, 0.2) is 0 Å². The molecule has 1 N–H and O–H groups in total. The van der Waals surface area contributed by atoms with Gasteiger partial charge in [0, 0.05) is 44.0 Å². The highest BCUT2D eigenvalue weighted by atomic mass is 15.3. The highest BCUT2D eigenvalue weighted by molar-refractivity contribution is 5.60. The van der Waals surface area contributed by atoms with Crippen molar-refractivity contribution in [3.05, 3.63) is 30.6 Å². The largest absolute Gasteiger partial charge is 0.354 e. The number of likely N-dealkylation sites (N-methyl/N-ethyl adjacent to an activating group) is 1. The fourth-order valence-corrected chi connectivity index (χ4v) is 3.51. The van der Waals surface area contributed by atoms with Crippen molar-refractivity contribution in [1.82, 2.24) is 25.0 Å². The van der Waals surface area contributed by atoms with Crippen molar-refractivity contribution < 1.29 is 0 Å². The van der Waals surface area contributed by atoms with Gasteiger partial charge in [-0.2, -0.15) is 5.10 Å². The molecule has 2 aromatic rings. The summed E-state index contributed by atoms with van der Waals surface area (Å²) in [5.74, 6) is 1.08. The van der Waals surface area contributed by atoms with E-state index in [1.54, 1.807) is 0 Å². The number of hydrogen-bond acceptors (Lipinski definition) is 5. The zero-order chi connectivity index (χ0) is 16.5. The maximum Gasteiger partial charge on any atom is 0.129 e. The van der Waals surface area contributed by atoms with Crippen LogP contribution in [0.2, 0.25) is 0 Å². The van der Waals surface area contributed by atoms with E-state index in [2.05, 4.69) is 56.3 Å². The first kappa shape index (κ1) is 15.6. The van der Waals surface area contributed by atoms with Gasteiger partial charge in [-0.15, -0.1) is 0 Å². The molecule has 0 atom stereocenters. The van der Waals surface area contributed by atoms with Crippen molar-refractivity contribution >= 4 is 5.82 Å². The minimum Gasteiger partial charge on any atom is -0.354 e. The zero-order valence-corrected chi connectivity index (χ0v) is 14.5. The van der Waals surface area contributed by atoms with Gasteiger partial charge in [0.05, 0.1) is 17.9 Å². The standard InChI is InChI=1S/C18H26N6/c1-19-15-10-16(11-15)24-13-14(12-20-24)17-4-3-5-18(21-17)23-8-6-22(2)7-9-23/h3-5,12-13,15-16,19H,6-11H2,1-2H3. The summed E-state index contributed by atoms with van der Waals surface area (Å²) < 4.78 is 2.10.